The van der Waals surface area contributed by atoms with Gasteiger partial charge >= 0.3 is 0 Å². The van der Waals surface area contributed by atoms with E-state index < -0.39 is 0 Å². The van der Waals surface area contributed by atoms with Gasteiger partial charge in [0, 0.05) is 0 Å². The predicted octanol–water partition coefficient (Wildman–Crippen LogP) is 1.37. The molecule has 0 atom stereocenters. The minimum atomic E-state index is -0.245. The average Bonchev–Trinajstić information content (AvgIpc) is 1.63. The van der Waals surface area contributed by atoms with Crippen molar-refractivity contribution in [2.75, 3.05) is 0 Å². The smallest absolute Gasteiger partial charge is 0.136 e. The Balaban J connectivity index is 2.91. The second-order valence-electron chi connectivity index (χ2n) is 2.47. The molecule has 0 bridgehead atoms. The molecule has 0 aliphatic carbocycles. The Kier molecular flexibility index (Phi) is 5.52. The van der Waals surface area contributed by atoms with Crippen molar-refractivity contribution in [3.63, 3.8) is 0 Å². The average molecular weight is 145 g/mol. The summed E-state index contributed by atoms with van der Waals surface area (Å²) in [5.41, 5.74) is 0. The molecule has 0 aromatic heterocycles. The lowest BCUT2D eigenvalue weighted by molar-refractivity contribution is 0.152. The van der Waals surface area contributed by atoms with Gasteiger partial charge in [0.1, 0.15) is 15.9 Å². The van der Waals surface area contributed by atoms with Gasteiger partial charge in [-0.25, -0.2) is 0 Å². The van der Waals surface area contributed by atoms with Gasteiger partial charge in [-0.05, 0) is 39.9 Å². The summed E-state index contributed by atoms with van der Waals surface area (Å²) in [5.74, 6) is 0. The van der Waals surface area contributed by atoms with E-state index in [2.05, 4.69) is 0 Å². The van der Waals surface area contributed by atoms with E-state index in [-0.39, 0.29) is 15.9 Å². The Morgan fingerprint density at radius 2 is 1.22 bits per heavy atom. The molecule has 2 radical (unpaired) electrons. The Bertz CT molecular complexity index is 56.1. The fourth-order valence-electron chi connectivity index (χ4n) is 0.254. The van der Waals surface area contributed by atoms with Crippen LogP contribution in [0.25, 0.3) is 0 Å². The maximum Gasteiger partial charge on any atom is 0.136 e. The molecular formula is C6H14AlO2-. The predicted molar refractivity (Wildman–Crippen MR) is 38.2 cm³/mol. The molecule has 0 heterocycles. The molecular weight excluding hydrogens is 131 g/mol. The third-order valence-corrected chi connectivity index (χ3v) is 1.97. The van der Waals surface area contributed by atoms with Crippen LogP contribution in [-0.4, -0.2) is 28.1 Å². The third kappa shape index (κ3) is 8.45. The highest BCUT2D eigenvalue weighted by Gasteiger charge is 1.83. The van der Waals surface area contributed by atoms with Crippen molar-refractivity contribution in [3.05, 3.63) is 0 Å². The Morgan fingerprint density at radius 1 is 0.889 bits per heavy atom. The first kappa shape index (κ1) is 9.45. The highest BCUT2D eigenvalue weighted by molar-refractivity contribution is 6.18. The van der Waals surface area contributed by atoms with Crippen molar-refractivity contribution in [3.8, 4) is 0 Å². The van der Waals surface area contributed by atoms with Gasteiger partial charge in [-0.15, -0.1) is 0 Å². The van der Waals surface area contributed by atoms with E-state index in [1.807, 2.05) is 27.7 Å². The van der Waals surface area contributed by atoms with E-state index in [1.165, 1.54) is 0 Å². The van der Waals surface area contributed by atoms with Gasteiger partial charge in [0.15, 0.2) is 0 Å². The van der Waals surface area contributed by atoms with Crippen LogP contribution in [0.1, 0.15) is 27.7 Å². The van der Waals surface area contributed by atoms with Crippen LogP contribution in [0, 0.1) is 0 Å². The van der Waals surface area contributed by atoms with Gasteiger partial charge in [-0.3, -0.25) is 0 Å². The molecule has 0 fully saturated rings. The molecule has 0 N–H and O–H groups in total. The van der Waals surface area contributed by atoms with Crippen molar-refractivity contribution < 1.29 is 7.58 Å². The van der Waals surface area contributed by atoms with Crippen LogP contribution in [0.3, 0.4) is 0 Å². The minimum absolute atomic E-state index is 0.245. The zero-order chi connectivity index (χ0) is 7.28. The van der Waals surface area contributed by atoms with Crippen LogP contribution in [0.4, 0.5) is 0 Å². The molecule has 3 heteroatoms. The summed E-state index contributed by atoms with van der Waals surface area (Å²) in [5, 5.41) is 0. The minimum Gasteiger partial charge on any atom is -0.677 e. The normalized spacial score (nSPS) is 11.3. The summed E-state index contributed by atoms with van der Waals surface area (Å²) in [6.07, 6.45) is 0.609. The summed E-state index contributed by atoms with van der Waals surface area (Å²) in [4.78, 5) is 0. The lowest BCUT2D eigenvalue weighted by atomic mass is 10.5. The first-order chi connectivity index (χ1) is 4.13. The largest absolute Gasteiger partial charge is 0.677 e. The van der Waals surface area contributed by atoms with Gasteiger partial charge in [-0.1, -0.05) is 0 Å². The molecule has 2 nitrogen and oxygen atoms in total. The van der Waals surface area contributed by atoms with E-state index in [4.69, 9.17) is 7.58 Å². The topological polar surface area (TPSA) is 18.5 Å². The van der Waals surface area contributed by atoms with Crippen LogP contribution in [0.5, 0.6) is 0 Å². The zero-order valence-electron chi connectivity index (χ0n) is 6.55. The van der Waals surface area contributed by atoms with E-state index in [0.29, 0.717) is 12.2 Å². The van der Waals surface area contributed by atoms with Crippen LogP contribution >= 0.6 is 0 Å². The fourth-order valence-corrected chi connectivity index (χ4v) is 0.763. The van der Waals surface area contributed by atoms with Crippen LogP contribution in [-0.2, 0) is 7.58 Å². The standard InChI is InChI=1S/2C3H7O.Al/c2*1-3(2)4;/h2*3H,1-2H3;/q2*-1;+1. The Morgan fingerprint density at radius 3 is 1.44 bits per heavy atom. The van der Waals surface area contributed by atoms with Gasteiger partial charge in [0.2, 0.25) is 0 Å². The lowest BCUT2D eigenvalue weighted by Gasteiger charge is -2.26. The molecule has 0 unspecified atom stereocenters. The van der Waals surface area contributed by atoms with Gasteiger partial charge in [0.25, 0.3) is 0 Å². The van der Waals surface area contributed by atoms with Crippen molar-refractivity contribution in [2.24, 2.45) is 0 Å². The monoisotopic (exact) mass is 145 g/mol. The van der Waals surface area contributed by atoms with Crippen molar-refractivity contribution in [1.82, 2.24) is 0 Å². The molecule has 0 aromatic rings. The molecule has 0 rings (SSSR count). The highest BCUT2D eigenvalue weighted by Crippen LogP contribution is 1.89. The second-order valence-corrected chi connectivity index (χ2v) is 3.20. The molecule has 0 amide bonds. The Labute approximate surface area is 63.9 Å². The highest BCUT2D eigenvalue weighted by atomic mass is 27.2. The van der Waals surface area contributed by atoms with Crippen molar-refractivity contribution in [1.29, 1.82) is 0 Å². The number of hydrogen-bond donors (Lipinski definition) is 0. The van der Waals surface area contributed by atoms with Crippen molar-refractivity contribution in [2.45, 2.75) is 39.9 Å². The quantitative estimate of drug-likeness (QED) is 0.556. The second kappa shape index (κ2) is 5.25. The lowest BCUT2D eigenvalue weighted by Crippen LogP contribution is -2.14. The molecule has 0 aliphatic rings. The summed E-state index contributed by atoms with van der Waals surface area (Å²) in [6.45, 7) is 8.04. The van der Waals surface area contributed by atoms with E-state index in [9.17, 15) is 0 Å². The summed E-state index contributed by atoms with van der Waals surface area (Å²) >= 11 is -0.245. The van der Waals surface area contributed by atoms with Gasteiger partial charge in [-0.2, -0.15) is 0 Å². The Hall–Kier alpha value is 0.452. The SMILES string of the molecule is CC(C)[O][Al-][O]C(C)C. The first-order valence-corrected chi connectivity index (χ1v) is 4.20. The van der Waals surface area contributed by atoms with Crippen molar-refractivity contribution >= 4 is 15.9 Å². The van der Waals surface area contributed by atoms with Crippen LogP contribution in [0.15, 0.2) is 0 Å². The van der Waals surface area contributed by atoms with Gasteiger partial charge < -0.3 is 7.58 Å². The number of hydrogen-bond acceptors (Lipinski definition) is 2. The van der Waals surface area contributed by atoms with E-state index >= 15 is 0 Å². The van der Waals surface area contributed by atoms with E-state index in [1.54, 1.807) is 0 Å². The summed E-state index contributed by atoms with van der Waals surface area (Å²) in [7, 11) is 0. The van der Waals surface area contributed by atoms with Crippen LogP contribution < -0.4 is 0 Å². The van der Waals surface area contributed by atoms with E-state index in [0.717, 1.165) is 0 Å². The maximum atomic E-state index is 5.21. The third-order valence-electron chi connectivity index (χ3n) is 0.655. The molecule has 0 aromatic carbocycles. The molecule has 9 heavy (non-hydrogen) atoms. The molecule has 0 spiro atoms. The molecule has 0 saturated heterocycles. The molecule has 54 valence electrons. The fraction of sp³-hybridized carbons (Fsp3) is 1.00. The molecule has 0 saturated carbocycles. The molecule has 0 aliphatic heterocycles. The summed E-state index contributed by atoms with van der Waals surface area (Å²) in [6, 6.07) is 0. The number of rotatable bonds is 4. The maximum absolute atomic E-state index is 5.21. The zero-order valence-corrected chi connectivity index (χ0v) is 7.70. The van der Waals surface area contributed by atoms with Gasteiger partial charge in [0.05, 0.1) is 0 Å². The van der Waals surface area contributed by atoms with Crippen LogP contribution in [0.2, 0.25) is 0 Å². The first-order valence-electron chi connectivity index (χ1n) is 3.25. The summed E-state index contributed by atoms with van der Waals surface area (Å²) < 4.78 is 10.4.